The maximum Gasteiger partial charge on any atom is 0.310 e. The van der Waals surface area contributed by atoms with Crippen LogP contribution < -0.4 is 14.9 Å². The van der Waals surface area contributed by atoms with Crippen LogP contribution in [-0.2, 0) is 11.4 Å². The lowest BCUT2D eigenvalue weighted by Gasteiger charge is -2.06. The molecule has 152 valence electrons. The smallest absolute Gasteiger partial charge is 0.310 e. The molecule has 1 amide bonds. The van der Waals surface area contributed by atoms with E-state index >= 15 is 0 Å². The molecule has 0 aliphatic carbocycles. The normalized spacial score (nSPS) is 10.5. The zero-order valence-corrected chi connectivity index (χ0v) is 15.9. The lowest BCUT2D eigenvalue weighted by molar-refractivity contribution is -0.385. The van der Waals surface area contributed by atoms with Gasteiger partial charge in [-0.05, 0) is 41.5 Å². The van der Waals surface area contributed by atoms with Crippen molar-refractivity contribution in [2.24, 2.45) is 5.10 Å². The highest BCUT2D eigenvalue weighted by Gasteiger charge is 2.14. The molecule has 0 aromatic heterocycles. The van der Waals surface area contributed by atoms with Gasteiger partial charge in [0.1, 0.15) is 12.4 Å². The summed E-state index contributed by atoms with van der Waals surface area (Å²) in [4.78, 5) is 22.2. The van der Waals surface area contributed by atoms with Crippen molar-refractivity contribution in [2.45, 2.75) is 6.61 Å². The van der Waals surface area contributed by atoms with E-state index in [1.807, 2.05) is 42.5 Å². The Morgan fingerprint density at radius 3 is 2.40 bits per heavy atom. The fourth-order valence-corrected chi connectivity index (χ4v) is 2.48. The zero-order chi connectivity index (χ0) is 21.2. The Morgan fingerprint density at radius 1 is 0.967 bits per heavy atom. The first-order valence-corrected chi connectivity index (χ1v) is 9.07. The van der Waals surface area contributed by atoms with Crippen LogP contribution in [0.4, 0.5) is 5.69 Å². The molecule has 30 heavy (non-hydrogen) atoms. The van der Waals surface area contributed by atoms with E-state index in [9.17, 15) is 14.9 Å². The molecule has 0 radical (unpaired) electrons. The van der Waals surface area contributed by atoms with Gasteiger partial charge < -0.3 is 9.47 Å². The van der Waals surface area contributed by atoms with Gasteiger partial charge in [0.2, 0.25) is 0 Å². The summed E-state index contributed by atoms with van der Waals surface area (Å²) in [5.74, 6) is 0.206. The number of nitro groups is 1. The molecule has 0 atom stereocenters. The molecule has 3 aromatic rings. The van der Waals surface area contributed by atoms with Crippen molar-refractivity contribution in [3.8, 4) is 11.5 Å². The number of hydrogen-bond donors (Lipinski definition) is 1. The second-order valence-corrected chi connectivity index (χ2v) is 6.15. The lowest BCUT2D eigenvalue weighted by Crippen LogP contribution is -2.24. The number of nitrogens with zero attached hydrogens (tertiary/aromatic N) is 2. The van der Waals surface area contributed by atoms with Crippen LogP contribution in [0.5, 0.6) is 11.5 Å². The number of benzene rings is 3. The molecule has 0 saturated heterocycles. The summed E-state index contributed by atoms with van der Waals surface area (Å²) >= 11 is 0. The van der Waals surface area contributed by atoms with Crippen molar-refractivity contribution in [2.75, 3.05) is 6.61 Å². The molecule has 8 nitrogen and oxygen atoms in total. The quantitative estimate of drug-likeness (QED) is 0.332. The van der Waals surface area contributed by atoms with Gasteiger partial charge in [0.05, 0.1) is 11.1 Å². The Hall–Kier alpha value is -4.20. The monoisotopic (exact) mass is 405 g/mol. The molecule has 8 heteroatoms. The number of rotatable bonds is 9. The molecule has 0 bridgehead atoms. The summed E-state index contributed by atoms with van der Waals surface area (Å²) in [5, 5.41) is 14.8. The number of carbonyl (C=O) groups is 1. The van der Waals surface area contributed by atoms with Crippen LogP contribution in [0.15, 0.2) is 84.0 Å². The molecule has 1 N–H and O–H groups in total. The first kappa shape index (κ1) is 20.5. The van der Waals surface area contributed by atoms with Crippen LogP contribution in [0, 0.1) is 10.1 Å². The van der Waals surface area contributed by atoms with Crippen LogP contribution in [0.25, 0.3) is 0 Å². The van der Waals surface area contributed by atoms with Crippen molar-refractivity contribution >= 4 is 17.8 Å². The van der Waals surface area contributed by atoms with E-state index in [0.29, 0.717) is 6.61 Å². The summed E-state index contributed by atoms with van der Waals surface area (Å²) < 4.78 is 10.9. The van der Waals surface area contributed by atoms with Gasteiger partial charge in [0.15, 0.2) is 12.4 Å². The van der Waals surface area contributed by atoms with Gasteiger partial charge >= 0.3 is 5.69 Å². The van der Waals surface area contributed by atoms with E-state index in [1.165, 1.54) is 24.4 Å². The van der Waals surface area contributed by atoms with E-state index < -0.39 is 17.4 Å². The second-order valence-electron chi connectivity index (χ2n) is 6.15. The molecule has 0 heterocycles. The Labute approximate surface area is 172 Å². The Balaban J connectivity index is 1.44. The van der Waals surface area contributed by atoms with E-state index in [2.05, 4.69) is 10.5 Å². The van der Waals surface area contributed by atoms with E-state index in [1.54, 1.807) is 18.2 Å². The molecule has 3 rings (SSSR count). The number of ether oxygens (including phenoxy) is 2. The van der Waals surface area contributed by atoms with E-state index in [-0.39, 0.29) is 11.4 Å². The summed E-state index contributed by atoms with van der Waals surface area (Å²) in [6, 6.07) is 22.9. The Morgan fingerprint density at radius 2 is 1.67 bits per heavy atom. The summed E-state index contributed by atoms with van der Waals surface area (Å²) in [5.41, 5.74) is 3.95. The maximum atomic E-state index is 11.8. The first-order chi connectivity index (χ1) is 14.6. The zero-order valence-electron chi connectivity index (χ0n) is 15.9. The van der Waals surface area contributed by atoms with Crippen molar-refractivity contribution < 1.29 is 19.2 Å². The first-order valence-electron chi connectivity index (χ1n) is 9.07. The van der Waals surface area contributed by atoms with Gasteiger partial charge in [-0.15, -0.1) is 0 Å². The van der Waals surface area contributed by atoms with E-state index in [0.717, 1.165) is 16.9 Å². The number of para-hydroxylation sites is 2. The average molecular weight is 405 g/mol. The van der Waals surface area contributed by atoms with Gasteiger partial charge in [0, 0.05) is 6.07 Å². The topological polar surface area (TPSA) is 103 Å². The van der Waals surface area contributed by atoms with Gasteiger partial charge in [-0.1, -0.05) is 42.5 Å². The number of amides is 1. The molecule has 0 aliphatic rings. The Kier molecular flexibility index (Phi) is 7.10. The highest BCUT2D eigenvalue weighted by atomic mass is 16.6. The highest BCUT2D eigenvalue weighted by molar-refractivity contribution is 5.83. The third kappa shape index (κ3) is 6.16. The molecule has 0 fully saturated rings. The molecule has 0 aliphatic heterocycles. The minimum absolute atomic E-state index is 0.0210. The van der Waals surface area contributed by atoms with Crippen LogP contribution in [0.2, 0.25) is 0 Å². The largest absolute Gasteiger partial charge is 0.489 e. The number of carbonyl (C=O) groups excluding carboxylic acids is 1. The van der Waals surface area contributed by atoms with Gasteiger partial charge in [-0.2, -0.15) is 5.10 Å². The number of nitrogens with one attached hydrogen (secondary N) is 1. The van der Waals surface area contributed by atoms with Gasteiger partial charge in [-0.25, -0.2) is 5.43 Å². The van der Waals surface area contributed by atoms with Crippen LogP contribution >= 0.6 is 0 Å². The predicted molar refractivity (Wildman–Crippen MR) is 112 cm³/mol. The van der Waals surface area contributed by atoms with Crippen molar-refractivity contribution in [3.05, 3.63) is 100 Å². The number of hydrazone groups is 1. The summed E-state index contributed by atoms with van der Waals surface area (Å²) in [7, 11) is 0. The lowest BCUT2D eigenvalue weighted by atomic mass is 10.2. The van der Waals surface area contributed by atoms with E-state index in [4.69, 9.17) is 9.47 Å². The maximum absolute atomic E-state index is 11.8. The summed E-state index contributed by atoms with van der Waals surface area (Å²) in [6.07, 6.45) is 1.48. The molecule has 3 aromatic carbocycles. The average Bonchev–Trinajstić information content (AvgIpc) is 2.78. The van der Waals surface area contributed by atoms with Crippen LogP contribution in [0.1, 0.15) is 11.1 Å². The molecular weight excluding hydrogens is 386 g/mol. The number of hydrogen-bond acceptors (Lipinski definition) is 6. The molecular formula is C22H19N3O5. The van der Waals surface area contributed by atoms with Crippen molar-refractivity contribution in [3.63, 3.8) is 0 Å². The summed E-state index contributed by atoms with van der Waals surface area (Å²) in [6.45, 7) is 0.0817. The second kappa shape index (κ2) is 10.4. The van der Waals surface area contributed by atoms with Crippen molar-refractivity contribution in [1.29, 1.82) is 0 Å². The number of nitro benzene ring substituents is 1. The van der Waals surface area contributed by atoms with Crippen molar-refractivity contribution in [1.82, 2.24) is 5.43 Å². The highest BCUT2D eigenvalue weighted by Crippen LogP contribution is 2.25. The minimum atomic E-state index is -0.571. The third-order valence-corrected chi connectivity index (χ3v) is 3.95. The fraction of sp³-hybridized carbons (Fsp3) is 0.0909. The SMILES string of the molecule is O=C(COc1ccccc1[N+](=O)[O-])N/N=C\c1ccc(OCc2ccccc2)cc1. The van der Waals surface area contributed by atoms with Gasteiger partial charge in [-0.3, -0.25) is 14.9 Å². The molecule has 0 saturated carbocycles. The standard InChI is InChI=1S/C22H19N3O5/c26-22(16-30-21-9-5-4-8-20(21)25(27)28)24-23-14-17-10-12-19(13-11-17)29-15-18-6-2-1-3-7-18/h1-14H,15-16H2,(H,24,26)/b23-14-. The molecule has 0 unspecified atom stereocenters. The Bertz CT molecular complexity index is 1020. The minimum Gasteiger partial charge on any atom is -0.489 e. The van der Waals surface area contributed by atoms with Gasteiger partial charge in [0.25, 0.3) is 5.91 Å². The predicted octanol–water partition coefficient (Wildman–Crippen LogP) is 3.70. The van der Waals surface area contributed by atoms with Crippen LogP contribution in [-0.4, -0.2) is 23.7 Å². The molecule has 0 spiro atoms. The third-order valence-electron chi connectivity index (χ3n) is 3.95. The fourth-order valence-electron chi connectivity index (χ4n) is 2.48. The van der Waals surface area contributed by atoms with Crippen LogP contribution in [0.3, 0.4) is 0 Å².